The Morgan fingerprint density at radius 2 is 1.59 bits per heavy atom. The van der Waals surface area contributed by atoms with E-state index in [-0.39, 0.29) is 25.1 Å². The van der Waals surface area contributed by atoms with Crippen molar-refractivity contribution in [2.24, 2.45) is 0 Å². The molecule has 5 aromatic rings. The van der Waals surface area contributed by atoms with Gasteiger partial charge in [0.2, 0.25) is 0 Å². The van der Waals surface area contributed by atoms with Gasteiger partial charge in [-0.25, -0.2) is 4.98 Å². The number of furan rings is 1. The van der Waals surface area contributed by atoms with Gasteiger partial charge < -0.3 is 9.40 Å². The summed E-state index contributed by atoms with van der Waals surface area (Å²) in [6, 6.07) is 26.0. The van der Waals surface area contributed by atoms with E-state index in [4.69, 9.17) is 14.0 Å². The summed E-state index contributed by atoms with van der Waals surface area (Å²) in [4.78, 5) is 8.15. The van der Waals surface area contributed by atoms with Crippen molar-refractivity contribution in [3.05, 3.63) is 91.3 Å². The molecular weight excluding hydrogens is 605 g/mol. The Labute approximate surface area is 198 Å². The minimum Gasteiger partial charge on any atom is -0.545 e. The van der Waals surface area contributed by atoms with E-state index in [9.17, 15) is 8.42 Å². The Balaban J connectivity index is 0.000000191. The third-order valence-electron chi connectivity index (χ3n) is 4.94. The van der Waals surface area contributed by atoms with Crippen LogP contribution in [0.2, 0.25) is 0 Å². The summed E-state index contributed by atoms with van der Waals surface area (Å²) in [5.41, 5.74) is 6.86. The van der Waals surface area contributed by atoms with E-state index in [0.29, 0.717) is 5.76 Å². The van der Waals surface area contributed by atoms with Crippen LogP contribution in [0.15, 0.2) is 94.7 Å². The van der Waals surface area contributed by atoms with Crippen molar-refractivity contribution >= 4 is 21.0 Å². The molecule has 8 heteroatoms. The third-order valence-corrected chi connectivity index (χ3v) is 5.71. The van der Waals surface area contributed by atoms with Gasteiger partial charge in [0.1, 0.15) is 0 Å². The molecule has 2 aromatic carbocycles. The van der Waals surface area contributed by atoms with Crippen LogP contribution in [0.5, 0.6) is 0 Å². The van der Waals surface area contributed by atoms with Crippen molar-refractivity contribution in [2.75, 3.05) is 0 Å². The largest absolute Gasteiger partial charge is 0.545 e. The van der Waals surface area contributed by atoms with Crippen molar-refractivity contribution in [3.8, 4) is 33.7 Å². The number of rotatable bonds is 2. The maximum Gasteiger partial charge on any atom is 0.312 e. The first-order chi connectivity index (χ1) is 15.0. The van der Waals surface area contributed by atoms with Gasteiger partial charge in [-0.2, -0.15) is 8.42 Å². The molecule has 0 spiro atoms. The molecule has 6 rings (SSSR count). The van der Waals surface area contributed by atoms with E-state index in [0.717, 1.165) is 11.2 Å². The fourth-order valence-electron chi connectivity index (χ4n) is 3.67. The van der Waals surface area contributed by atoms with Crippen molar-refractivity contribution in [2.45, 2.75) is 5.03 Å². The molecule has 0 amide bonds. The van der Waals surface area contributed by atoms with E-state index in [1.165, 1.54) is 46.0 Å². The van der Waals surface area contributed by atoms with Gasteiger partial charge in [0.15, 0.2) is 5.03 Å². The normalized spacial score (nSPS) is 11.3. The first kappa shape index (κ1) is 22.0. The zero-order chi connectivity index (χ0) is 21.4. The second-order valence-electron chi connectivity index (χ2n) is 6.84. The Hall–Kier alpha value is -3.16. The number of nitrogens with zero attached hydrogens (tertiary/aromatic N) is 2. The number of benzene rings is 2. The Kier molecular flexibility index (Phi) is 6.04. The summed E-state index contributed by atoms with van der Waals surface area (Å²) in [7, 11) is -4.11. The van der Waals surface area contributed by atoms with E-state index in [2.05, 4.69) is 59.6 Å². The van der Waals surface area contributed by atoms with Gasteiger partial charge in [0, 0.05) is 43.1 Å². The summed E-state index contributed by atoms with van der Waals surface area (Å²) >= 11 is 0. The Bertz CT molecular complexity index is 1500. The van der Waals surface area contributed by atoms with E-state index >= 15 is 0 Å². The Morgan fingerprint density at radius 3 is 2.22 bits per heavy atom. The van der Waals surface area contributed by atoms with Gasteiger partial charge in [-0.05, 0) is 46.7 Å². The summed E-state index contributed by atoms with van der Waals surface area (Å²) in [6.45, 7) is 0. The average molecular weight is 620 g/mol. The van der Waals surface area contributed by atoms with Crippen LogP contribution in [0.4, 0.5) is 0 Å². The van der Waals surface area contributed by atoms with Crippen molar-refractivity contribution in [3.63, 3.8) is 0 Å². The van der Waals surface area contributed by atoms with Gasteiger partial charge in [-0.1, -0.05) is 48.5 Å². The molecule has 32 heavy (non-hydrogen) atoms. The SMILES string of the molecule is O=S(=O)(O)c1ccccn1.[Ir].[c-]1ccoc1-c1cc2c3c(cccc3n1)-c1ccccc1-2. The second-order valence-corrected chi connectivity index (χ2v) is 8.21. The van der Waals surface area contributed by atoms with E-state index in [1.54, 1.807) is 18.4 Å². The van der Waals surface area contributed by atoms with Crippen LogP contribution in [-0.2, 0) is 30.2 Å². The van der Waals surface area contributed by atoms with Gasteiger partial charge in [0.05, 0.1) is 5.52 Å². The standard InChI is InChI=1S/C19H10NO.C5H5NO3S.Ir/c1-2-6-13-12(5-1)14-7-3-8-16-19(14)15(13)11-17(20-16)18-9-4-10-21-18;7-10(8,9)5-3-1-2-4-6-5;/h1-8,10-11H;1-4H,(H,7,8,9);/q-1;;. The summed E-state index contributed by atoms with van der Waals surface area (Å²) < 4.78 is 34.5. The van der Waals surface area contributed by atoms with Crippen LogP contribution in [0, 0.1) is 6.07 Å². The van der Waals surface area contributed by atoms with Gasteiger partial charge in [0.25, 0.3) is 0 Å². The molecule has 1 aliphatic carbocycles. The number of fused-ring (bicyclic) bond motifs is 3. The monoisotopic (exact) mass is 620 g/mol. The number of hydrogen-bond donors (Lipinski definition) is 1. The van der Waals surface area contributed by atoms with Gasteiger partial charge in [-0.15, -0.1) is 12.1 Å². The van der Waals surface area contributed by atoms with Gasteiger partial charge >= 0.3 is 10.1 Å². The minimum absolute atomic E-state index is 0. The molecule has 0 fully saturated rings. The molecule has 0 saturated carbocycles. The Morgan fingerprint density at radius 1 is 0.875 bits per heavy atom. The van der Waals surface area contributed by atoms with Crippen molar-refractivity contribution in [1.29, 1.82) is 0 Å². The van der Waals surface area contributed by atoms with Crippen LogP contribution in [-0.4, -0.2) is 22.9 Å². The van der Waals surface area contributed by atoms with Crippen LogP contribution in [0.3, 0.4) is 0 Å². The van der Waals surface area contributed by atoms with Crippen LogP contribution in [0.1, 0.15) is 0 Å². The molecule has 1 aliphatic rings. The summed E-state index contributed by atoms with van der Waals surface area (Å²) in [6.07, 6.45) is 2.92. The second kappa shape index (κ2) is 8.76. The molecule has 0 aliphatic heterocycles. The molecule has 6 nitrogen and oxygen atoms in total. The maximum atomic E-state index is 10.3. The molecule has 3 aromatic heterocycles. The van der Waals surface area contributed by atoms with Crippen LogP contribution >= 0.6 is 0 Å². The molecule has 3 heterocycles. The molecule has 161 valence electrons. The number of pyridine rings is 2. The quantitative estimate of drug-likeness (QED) is 0.210. The predicted molar refractivity (Wildman–Crippen MR) is 117 cm³/mol. The van der Waals surface area contributed by atoms with Crippen LogP contribution < -0.4 is 0 Å². The zero-order valence-electron chi connectivity index (χ0n) is 16.4. The fourth-order valence-corrected chi connectivity index (χ4v) is 4.12. The fraction of sp³-hybridized carbons (Fsp3) is 0. The third kappa shape index (κ3) is 4.01. The van der Waals surface area contributed by atoms with Crippen molar-refractivity contribution < 1.29 is 37.5 Å². The summed E-state index contributed by atoms with van der Waals surface area (Å²) in [5, 5.41) is 0.906. The van der Waals surface area contributed by atoms with Crippen molar-refractivity contribution in [1.82, 2.24) is 9.97 Å². The predicted octanol–water partition coefficient (Wildman–Crippen LogP) is 5.27. The number of aromatic nitrogens is 2. The smallest absolute Gasteiger partial charge is 0.312 e. The van der Waals surface area contributed by atoms with E-state index < -0.39 is 10.1 Å². The topological polar surface area (TPSA) is 93.3 Å². The molecule has 1 radical (unpaired) electrons. The molecular formula is C24H15IrN2O4S-. The maximum absolute atomic E-state index is 10.3. The molecule has 0 bridgehead atoms. The van der Waals surface area contributed by atoms with E-state index in [1.807, 2.05) is 0 Å². The summed E-state index contributed by atoms with van der Waals surface area (Å²) in [5.74, 6) is 0.683. The minimum atomic E-state index is -4.11. The first-order valence-electron chi connectivity index (χ1n) is 9.40. The average Bonchev–Trinajstić information content (AvgIpc) is 3.43. The first-order valence-corrected chi connectivity index (χ1v) is 10.8. The number of hydrogen-bond acceptors (Lipinski definition) is 5. The molecule has 0 atom stereocenters. The molecule has 0 unspecified atom stereocenters. The molecule has 1 N–H and O–H groups in total. The van der Waals surface area contributed by atoms with Crippen LogP contribution in [0.25, 0.3) is 44.6 Å². The zero-order valence-corrected chi connectivity index (χ0v) is 19.6. The van der Waals surface area contributed by atoms with Gasteiger partial charge in [-0.3, -0.25) is 4.55 Å². The molecule has 0 saturated heterocycles.